The van der Waals surface area contributed by atoms with Crippen molar-refractivity contribution in [2.75, 3.05) is 5.32 Å². The van der Waals surface area contributed by atoms with Crippen molar-refractivity contribution in [2.24, 2.45) is 4.99 Å². The zero-order valence-electron chi connectivity index (χ0n) is 13.7. The van der Waals surface area contributed by atoms with Crippen LogP contribution in [0.3, 0.4) is 0 Å². The summed E-state index contributed by atoms with van der Waals surface area (Å²) in [7, 11) is 0. The fourth-order valence-corrected chi connectivity index (χ4v) is 2.47. The molecule has 4 aromatic rings. The second-order valence-corrected chi connectivity index (χ2v) is 5.57. The Morgan fingerprint density at radius 2 is 1.85 bits per heavy atom. The van der Waals surface area contributed by atoms with Crippen molar-refractivity contribution in [3.05, 3.63) is 84.4 Å². The Morgan fingerprint density at radius 1 is 0.962 bits per heavy atom. The van der Waals surface area contributed by atoms with E-state index in [0.717, 1.165) is 22.7 Å². The molecular formula is C20H14FN5. The molecule has 2 heterocycles. The molecule has 0 radical (unpaired) electrons. The molecule has 26 heavy (non-hydrogen) atoms. The molecule has 0 spiro atoms. The number of aromatic nitrogens is 3. The van der Waals surface area contributed by atoms with Crippen LogP contribution < -0.4 is 5.32 Å². The van der Waals surface area contributed by atoms with Crippen LogP contribution in [0.1, 0.15) is 5.56 Å². The maximum absolute atomic E-state index is 14.1. The van der Waals surface area contributed by atoms with Gasteiger partial charge in [-0.15, -0.1) is 0 Å². The van der Waals surface area contributed by atoms with Crippen LogP contribution >= 0.6 is 0 Å². The molecule has 0 aliphatic carbocycles. The summed E-state index contributed by atoms with van der Waals surface area (Å²) in [5.74, 6) is -0.293. The van der Waals surface area contributed by atoms with Crippen molar-refractivity contribution in [1.29, 1.82) is 0 Å². The molecule has 2 aromatic heterocycles. The number of nitrogens with zero attached hydrogens (tertiary/aromatic N) is 4. The number of hydrogen-bond donors (Lipinski definition) is 1. The van der Waals surface area contributed by atoms with Crippen LogP contribution in [0.2, 0.25) is 0 Å². The monoisotopic (exact) mass is 343 g/mol. The van der Waals surface area contributed by atoms with E-state index in [-0.39, 0.29) is 11.8 Å². The number of nitrogens with one attached hydrogen (secondary N) is 1. The van der Waals surface area contributed by atoms with Gasteiger partial charge < -0.3 is 5.32 Å². The van der Waals surface area contributed by atoms with Crippen molar-refractivity contribution in [1.82, 2.24) is 15.0 Å². The van der Waals surface area contributed by atoms with Crippen LogP contribution in [0.5, 0.6) is 0 Å². The summed E-state index contributed by atoms with van der Waals surface area (Å²) in [4.78, 5) is 16.5. The molecule has 0 fully saturated rings. The predicted molar refractivity (Wildman–Crippen MR) is 101 cm³/mol. The Kier molecular flexibility index (Phi) is 4.30. The van der Waals surface area contributed by atoms with Crippen LogP contribution in [0, 0.1) is 5.82 Å². The van der Waals surface area contributed by atoms with Gasteiger partial charge in [-0.3, -0.25) is 4.98 Å². The second kappa shape index (κ2) is 7.06. The van der Waals surface area contributed by atoms with Gasteiger partial charge in [-0.2, -0.15) is 4.98 Å². The Hall–Kier alpha value is -3.67. The SMILES string of the molecule is Fc1cnc(/N=C/c2ccccc2)nc1Nc1ccc2ncccc2c1. The maximum Gasteiger partial charge on any atom is 0.251 e. The number of anilines is 2. The van der Waals surface area contributed by atoms with Gasteiger partial charge in [0.05, 0.1) is 11.7 Å². The van der Waals surface area contributed by atoms with Gasteiger partial charge in [-0.1, -0.05) is 36.4 Å². The molecular weight excluding hydrogens is 329 g/mol. The third kappa shape index (κ3) is 3.54. The van der Waals surface area contributed by atoms with Gasteiger partial charge in [0.1, 0.15) is 0 Å². The zero-order chi connectivity index (χ0) is 17.8. The van der Waals surface area contributed by atoms with Gasteiger partial charge in [-0.05, 0) is 29.8 Å². The number of rotatable bonds is 4. The smallest absolute Gasteiger partial charge is 0.251 e. The quantitative estimate of drug-likeness (QED) is 0.548. The van der Waals surface area contributed by atoms with E-state index in [1.165, 1.54) is 0 Å². The van der Waals surface area contributed by atoms with Crippen molar-refractivity contribution >= 4 is 34.6 Å². The van der Waals surface area contributed by atoms with Gasteiger partial charge in [0.2, 0.25) is 0 Å². The van der Waals surface area contributed by atoms with Gasteiger partial charge in [-0.25, -0.2) is 14.4 Å². The third-order valence-electron chi connectivity index (χ3n) is 3.73. The summed E-state index contributed by atoms with van der Waals surface area (Å²) >= 11 is 0. The van der Waals surface area contributed by atoms with Crippen molar-refractivity contribution in [3.8, 4) is 0 Å². The lowest BCUT2D eigenvalue weighted by molar-refractivity contribution is 0.619. The highest BCUT2D eigenvalue weighted by molar-refractivity contribution is 5.83. The standard InChI is InChI=1S/C20H14FN5/c21-17-13-24-20(23-12-14-5-2-1-3-6-14)26-19(17)25-16-8-9-18-15(11-16)7-4-10-22-18/h1-13H,(H,24,25,26)/b23-12+. The lowest BCUT2D eigenvalue weighted by Gasteiger charge is -2.07. The summed E-state index contributed by atoms with van der Waals surface area (Å²) in [6.07, 6.45) is 4.48. The summed E-state index contributed by atoms with van der Waals surface area (Å²) in [5.41, 5.74) is 2.49. The number of benzene rings is 2. The van der Waals surface area contributed by atoms with E-state index < -0.39 is 5.82 Å². The molecule has 0 aliphatic heterocycles. The fourth-order valence-electron chi connectivity index (χ4n) is 2.47. The average Bonchev–Trinajstić information content (AvgIpc) is 2.69. The van der Waals surface area contributed by atoms with Crippen LogP contribution in [0.4, 0.5) is 21.8 Å². The highest BCUT2D eigenvalue weighted by atomic mass is 19.1. The first kappa shape index (κ1) is 15.8. The number of pyridine rings is 1. The van der Waals surface area contributed by atoms with E-state index in [4.69, 9.17) is 0 Å². The minimum Gasteiger partial charge on any atom is -0.338 e. The lowest BCUT2D eigenvalue weighted by atomic mass is 10.2. The summed E-state index contributed by atoms with van der Waals surface area (Å²) in [6.45, 7) is 0. The number of halogens is 1. The van der Waals surface area contributed by atoms with Gasteiger partial charge in [0, 0.05) is 23.5 Å². The molecule has 0 saturated heterocycles. The molecule has 0 unspecified atom stereocenters. The molecule has 1 N–H and O–H groups in total. The highest BCUT2D eigenvalue weighted by Crippen LogP contribution is 2.22. The van der Waals surface area contributed by atoms with Crippen LogP contribution in [-0.4, -0.2) is 21.2 Å². The topological polar surface area (TPSA) is 63.1 Å². The molecule has 5 nitrogen and oxygen atoms in total. The number of fused-ring (bicyclic) bond motifs is 1. The van der Waals surface area contributed by atoms with Crippen LogP contribution in [-0.2, 0) is 0 Å². The molecule has 0 amide bonds. The predicted octanol–water partition coefficient (Wildman–Crippen LogP) is 4.66. The van der Waals surface area contributed by atoms with Gasteiger partial charge >= 0.3 is 0 Å². The first-order valence-electron chi connectivity index (χ1n) is 8.01. The minimum absolute atomic E-state index is 0.0726. The first-order chi connectivity index (χ1) is 12.8. The molecule has 0 bridgehead atoms. The summed E-state index contributed by atoms with van der Waals surface area (Å²) in [6, 6.07) is 18.9. The Morgan fingerprint density at radius 3 is 2.73 bits per heavy atom. The van der Waals surface area contributed by atoms with E-state index in [1.807, 2.05) is 60.7 Å². The van der Waals surface area contributed by atoms with E-state index in [2.05, 4.69) is 25.3 Å². The van der Waals surface area contributed by atoms with Crippen LogP contribution in [0.25, 0.3) is 10.9 Å². The van der Waals surface area contributed by atoms with Crippen molar-refractivity contribution in [2.45, 2.75) is 0 Å². The van der Waals surface area contributed by atoms with E-state index in [9.17, 15) is 4.39 Å². The Labute approximate surface area is 149 Å². The molecule has 0 aliphatic rings. The highest BCUT2D eigenvalue weighted by Gasteiger charge is 2.07. The molecule has 6 heteroatoms. The third-order valence-corrected chi connectivity index (χ3v) is 3.73. The maximum atomic E-state index is 14.1. The summed E-state index contributed by atoms with van der Waals surface area (Å²) in [5, 5.41) is 3.93. The molecule has 4 rings (SSSR count). The average molecular weight is 343 g/mol. The van der Waals surface area contributed by atoms with E-state index >= 15 is 0 Å². The number of aliphatic imine (C=N–C) groups is 1. The minimum atomic E-state index is -0.546. The van der Waals surface area contributed by atoms with Gasteiger partial charge in [0.25, 0.3) is 5.95 Å². The normalized spacial score (nSPS) is 11.1. The molecule has 0 saturated carbocycles. The molecule has 126 valence electrons. The first-order valence-corrected chi connectivity index (χ1v) is 8.01. The van der Waals surface area contributed by atoms with Gasteiger partial charge in [0.15, 0.2) is 11.6 Å². The molecule has 2 aromatic carbocycles. The summed E-state index contributed by atoms with van der Waals surface area (Å²) < 4.78 is 14.1. The Bertz CT molecular complexity index is 1080. The van der Waals surface area contributed by atoms with E-state index in [0.29, 0.717) is 5.69 Å². The lowest BCUT2D eigenvalue weighted by Crippen LogP contribution is -1.98. The van der Waals surface area contributed by atoms with Crippen molar-refractivity contribution < 1.29 is 4.39 Å². The largest absolute Gasteiger partial charge is 0.338 e. The fraction of sp³-hybridized carbons (Fsp3) is 0. The number of hydrogen-bond acceptors (Lipinski definition) is 5. The van der Waals surface area contributed by atoms with Crippen molar-refractivity contribution in [3.63, 3.8) is 0 Å². The Balaban J connectivity index is 1.60. The zero-order valence-corrected chi connectivity index (χ0v) is 13.7. The van der Waals surface area contributed by atoms with Crippen LogP contribution in [0.15, 0.2) is 78.0 Å². The molecule has 0 atom stereocenters. The second-order valence-electron chi connectivity index (χ2n) is 5.57. The van der Waals surface area contributed by atoms with E-state index in [1.54, 1.807) is 12.4 Å².